The zero-order chi connectivity index (χ0) is 9.19. The average Bonchev–Trinajstić information content (AvgIpc) is 2.67. The molecule has 0 saturated heterocycles. The summed E-state index contributed by atoms with van der Waals surface area (Å²) >= 11 is 0. The highest BCUT2D eigenvalue weighted by atomic mass is 14.9. The molecule has 0 aromatic carbocycles. The molecule has 0 radical (unpaired) electrons. The molecular formula is C10H22N2. The van der Waals surface area contributed by atoms with E-state index in [0.717, 1.165) is 31.3 Å². The van der Waals surface area contributed by atoms with E-state index in [0.29, 0.717) is 0 Å². The maximum Gasteiger partial charge on any atom is 0.0249 e. The highest BCUT2D eigenvalue weighted by molar-refractivity contribution is 4.86. The van der Waals surface area contributed by atoms with Crippen LogP contribution in [0, 0.1) is 11.8 Å². The van der Waals surface area contributed by atoms with Crippen LogP contribution in [0.4, 0.5) is 0 Å². The van der Waals surface area contributed by atoms with Gasteiger partial charge in [0.2, 0.25) is 0 Å². The van der Waals surface area contributed by atoms with E-state index in [9.17, 15) is 0 Å². The fourth-order valence-corrected chi connectivity index (χ4v) is 1.35. The number of nitrogens with two attached hydrogens (primary N) is 1. The molecular weight excluding hydrogens is 148 g/mol. The van der Waals surface area contributed by atoms with E-state index >= 15 is 0 Å². The van der Waals surface area contributed by atoms with Gasteiger partial charge in [0.25, 0.3) is 0 Å². The molecule has 1 fully saturated rings. The molecule has 1 saturated carbocycles. The van der Waals surface area contributed by atoms with Crippen molar-refractivity contribution in [2.24, 2.45) is 17.6 Å². The van der Waals surface area contributed by atoms with Crippen molar-refractivity contribution in [2.45, 2.75) is 39.2 Å². The Bertz CT molecular complexity index is 143. The van der Waals surface area contributed by atoms with E-state index in [1.54, 1.807) is 0 Å². The van der Waals surface area contributed by atoms with Gasteiger partial charge in [-0.1, -0.05) is 13.8 Å². The van der Waals surface area contributed by atoms with Crippen LogP contribution >= 0.6 is 0 Å². The standard InChI is InChI=1S/C10H22N2/c1-4-10(3,11)7-12-6-9-5-8(9)2/h8-9,12H,4-7,11H2,1-3H3. The van der Waals surface area contributed by atoms with E-state index in [2.05, 4.69) is 26.1 Å². The summed E-state index contributed by atoms with van der Waals surface area (Å²) in [6.07, 6.45) is 2.45. The zero-order valence-electron chi connectivity index (χ0n) is 8.56. The highest BCUT2D eigenvalue weighted by Gasteiger charge is 2.32. The van der Waals surface area contributed by atoms with Crippen molar-refractivity contribution in [3.05, 3.63) is 0 Å². The van der Waals surface area contributed by atoms with Gasteiger partial charge in [0.1, 0.15) is 0 Å². The molecule has 3 N–H and O–H groups in total. The maximum absolute atomic E-state index is 5.99. The SMILES string of the molecule is CCC(C)(N)CNCC1CC1C. The van der Waals surface area contributed by atoms with Gasteiger partial charge in [-0.2, -0.15) is 0 Å². The molecule has 3 unspecified atom stereocenters. The summed E-state index contributed by atoms with van der Waals surface area (Å²) in [5, 5.41) is 3.44. The smallest absolute Gasteiger partial charge is 0.0249 e. The van der Waals surface area contributed by atoms with Crippen LogP contribution in [0.25, 0.3) is 0 Å². The van der Waals surface area contributed by atoms with Gasteiger partial charge in [-0.25, -0.2) is 0 Å². The third-order valence-corrected chi connectivity index (χ3v) is 3.02. The van der Waals surface area contributed by atoms with Crippen LogP contribution < -0.4 is 11.1 Å². The van der Waals surface area contributed by atoms with Gasteiger partial charge in [0.05, 0.1) is 0 Å². The van der Waals surface area contributed by atoms with E-state index in [-0.39, 0.29) is 5.54 Å². The second-order valence-electron chi connectivity index (χ2n) is 4.61. The van der Waals surface area contributed by atoms with Crippen molar-refractivity contribution < 1.29 is 0 Å². The molecule has 0 amide bonds. The minimum atomic E-state index is -0.0157. The van der Waals surface area contributed by atoms with Crippen LogP contribution in [0.15, 0.2) is 0 Å². The molecule has 2 heteroatoms. The van der Waals surface area contributed by atoms with Gasteiger partial charge in [0.15, 0.2) is 0 Å². The Kier molecular flexibility index (Phi) is 3.13. The second kappa shape index (κ2) is 3.75. The molecule has 0 aromatic heterocycles. The second-order valence-corrected chi connectivity index (χ2v) is 4.61. The summed E-state index contributed by atoms with van der Waals surface area (Å²) in [5.41, 5.74) is 5.98. The first-order valence-corrected chi connectivity index (χ1v) is 5.05. The first-order valence-electron chi connectivity index (χ1n) is 5.05. The van der Waals surface area contributed by atoms with Crippen LogP contribution in [0.3, 0.4) is 0 Å². The Morgan fingerprint density at radius 1 is 1.58 bits per heavy atom. The maximum atomic E-state index is 5.99. The number of hydrogen-bond donors (Lipinski definition) is 2. The fraction of sp³-hybridized carbons (Fsp3) is 1.00. The fourth-order valence-electron chi connectivity index (χ4n) is 1.35. The Hall–Kier alpha value is -0.0800. The average molecular weight is 170 g/mol. The van der Waals surface area contributed by atoms with Gasteiger partial charge >= 0.3 is 0 Å². The monoisotopic (exact) mass is 170 g/mol. The lowest BCUT2D eigenvalue weighted by Gasteiger charge is -2.23. The zero-order valence-corrected chi connectivity index (χ0v) is 8.56. The van der Waals surface area contributed by atoms with Crippen molar-refractivity contribution in [1.82, 2.24) is 5.32 Å². The highest BCUT2D eigenvalue weighted by Crippen LogP contribution is 2.36. The Labute approximate surface area is 75.9 Å². The summed E-state index contributed by atoms with van der Waals surface area (Å²) in [7, 11) is 0. The van der Waals surface area contributed by atoms with Gasteiger partial charge < -0.3 is 11.1 Å². The Morgan fingerprint density at radius 2 is 2.17 bits per heavy atom. The van der Waals surface area contributed by atoms with Gasteiger partial charge in [-0.05, 0) is 38.1 Å². The molecule has 1 rings (SSSR count). The molecule has 0 aromatic rings. The largest absolute Gasteiger partial charge is 0.324 e. The number of rotatable bonds is 5. The van der Waals surface area contributed by atoms with Crippen LogP contribution in [-0.4, -0.2) is 18.6 Å². The van der Waals surface area contributed by atoms with Gasteiger partial charge in [0, 0.05) is 12.1 Å². The molecule has 0 heterocycles. The lowest BCUT2D eigenvalue weighted by molar-refractivity contribution is 0.410. The van der Waals surface area contributed by atoms with Crippen LogP contribution in [0.2, 0.25) is 0 Å². The van der Waals surface area contributed by atoms with Crippen molar-refractivity contribution in [1.29, 1.82) is 0 Å². The van der Waals surface area contributed by atoms with Crippen molar-refractivity contribution >= 4 is 0 Å². The minimum absolute atomic E-state index is 0.0157. The van der Waals surface area contributed by atoms with Gasteiger partial charge in [-0.3, -0.25) is 0 Å². The summed E-state index contributed by atoms with van der Waals surface area (Å²) in [6.45, 7) is 8.67. The Balaban J connectivity index is 2.02. The lowest BCUT2D eigenvalue weighted by Crippen LogP contribution is -2.45. The normalized spacial score (nSPS) is 33.0. The van der Waals surface area contributed by atoms with Crippen molar-refractivity contribution in [3.8, 4) is 0 Å². The Morgan fingerprint density at radius 3 is 2.58 bits per heavy atom. The van der Waals surface area contributed by atoms with Crippen LogP contribution in [-0.2, 0) is 0 Å². The molecule has 1 aliphatic carbocycles. The third-order valence-electron chi connectivity index (χ3n) is 3.02. The molecule has 2 nitrogen and oxygen atoms in total. The van der Waals surface area contributed by atoms with E-state index in [4.69, 9.17) is 5.73 Å². The molecule has 3 atom stereocenters. The topological polar surface area (TPSA) is 38.0 Å². The molecule has 12 heavy (non-hydrogen) atoms. The molecule has 0 aliphatic heterocycles. The first kappa shape index (κ1) is 10.0. The number of nitrogens with one attached hydrogen (secondary N) is 1. The predicted molar refractivity (Wildman–Crippen MR) is 53.0 cm³/mol. The van der Waals surface area contributed by atoms with E-state index < -0.39 is 0 Å². The summed E-state index contributed by atoms with van der Waals surface area (Å²) in [6, 6.07) is 0. The third kappa shape index (κ3) is 3.11. The predicted octanol–water partition coefficient (Wildman–Crippen LogP) is 1.36. The molecule has 72 valence electrons. The molecule has 0 spiro atoms. The first-order chi connectivity index (χ1) is 5.55. The molecule has 0 bridgehead atoms. The van der Waals surface area contributed by atoms with Crippen molar-refractivity contribution in [3.63, 3.8) is 0 Å². The van der Waals surface area contributed by atoms with Crippen molar-refractivity contribution in [2.75, 3.05) is 13.1 Å². The summed E-state index contributed by atoms with van der Waals surface area (Å²) in [4.78, 5) is 0. The summed E-state index contributed by atoms with van der Waals surface area (Å²) in [5.74, 6) is 1.88. The van der Waals surface area contributed by atoms with Crippen LogP contribution in [0.5, 0.6) is 0 Å². The lowest BCUT2D eigenvalue weighted by atomic mass is 10.0. The minimum Gasteiger partial charge on any atom is -0.324 e. The van der Waals surface area contributed by atoms with Gasteiger partial charge in [-0.15, -0.1) is 0 Å². The van der Waals surface area contributed by atoms with Crippen LogP contribution in [0.1, 0.15) is 33.6 Å². The van der Waals surface area contributed by atoms with E-state index in [1.165, 1.54) is 6.42 Å². The molecule has 1 aliphatic rings. The number of hydrogen-bond acceptors (Lipinski definition) is 2. The quantitative estimate of drug-likeness (QED) is 0.654. The van der Waals surface area contributed by atoms with E-state index in [1.807, 2.05) is 0 Å². The summed E-state index contributed by atoms with van der Waals surface area (Å²) < 4.78 is 0.